The first-order chi connectivity index (χ1) is 7.57. The number of hydrogen-bond acceptors (Lipinski definition) is 5. The van der Waals surface area contributed by atoms with Crippen molar-refractivity contribution >= 4 is 12.1 Å². The van der Waals surface area contributed by atoms with Crippen LogP contribution in [0, 0.1) is 5.41 Å². The van der Waals surface area contributed by atoms with E-state index in [1.54, 1.807) is 13.3 Å². The molecule has 1 saturated heterocycles. The zero-order chi connectivity index (χ0) is 12.0. The third-order valence-corrected chi connectivity index (χ3v) is 2.18. The van der Waals surface area contributed by atoms with Gasteiger partial charge in [-0.25, -0.2) is 5.84 Å². The lowest BCUT2D eigenvalue weighted by Crippen LogP contribution is -2.39. The highest BCUT2D eigenvalue weighted by Gasteiger charge is 2.27. The van der Waals surface area contributed by atoms with E-state index in [2.05, 4.69) is 29.3 Å². The summed E-state index contributed by atoms with van der Waals surface area (Å²) in [5.74, 6) is 5.73. The molecule has 0 aromatic carbocycles. The van der Waals surface area contributed by atoms with Crippen LogP contribution in [-0.4, -0.2) is 45.1 Å². The van der Waals surface area contributed by atoms with Crippen molar-refractivity contribution in [2.45, 2.75) is 20.1 Å². The molecule has 6 heteroatoms. The Balaban J connectivity index is 2.30. The van der Waals surface area contributed by atoms with Gasteiger partial charge in [0, 0.05) is 12.5 Å². The van der Waals surface area contributed by atoms with E-state index in [0.717, 1.165) is 0 Å². The van der Waals surface area contributed by atoms with E-state index in [4.69, 9.17) is 15.3 Å². The normalized spacial score (nSPS) is 22.6. The van der Waals surface area contributed by atoms with Crippen LogP contribution in [0.2, 0.25) is 0 Å². The van der Waals surface area contributed by atoms with E-state index < -0.39 is 0 Å². The molecule has 0 aliphatic carbocycles. The van der Waals surface area contributed by atoms with Crippen molar-refractivity contribution < 1.29 is 9.47 Å². The Morgan fingerprint density at radius 1 is 1.50 bits per heavy atom. The minimum absolute atomic E-state index is 0.0923. The summed E-state index contributed by atoms with van der Waals surface area (Å²) in [7, 11) is 1.64. The van der Waals surface area contributed by atoms with Gasteiger partial charge in [0.05, 0.1) is 26.0 Å². The fraction of sp³-hybridized carbons (Fsp3) is 0.800. The molecule has 6 nitrogen and oxygen atoms in total. The summed E-state index contributed by atoms with van der Waals surface area (Å²) in [6, 6.07) is 0. The monoisotopic (exact) mass is 228 g/mol. The van der Waals surface area contributed by atoms with E-state index in [0.29, 0.717) is 25.6 Å². The van der Waals surface area contributed by atoms with E-state index in [-0.39, 0.29) is 11.7 Å². The average molecular weight is 228 g/mol. The lowest BCUT2D eigenvalue weighted by atomic mass is 9.96. The van der Waals surface area contributed by atoms with Gasteiger partial charge < -0.3 is 14.9 Å². The molecule has 0 spiro atoms. The van der Waals surface area contributed by atoms with Crippen molar-refractivity contribution in [2.24, 2.45) is 21.2 Å². The summed E-state index contributed by atoms with van der Waals surface area (Å²) < 4.78 is 11.0. The predicted molar refractivity (Wildman–Crippen MR) is 63.5 cm³/mol. The second-order valence-corrected chi connectivity index (χ2v) is 4.46. The van der Waals surface area contributed by atoms with Crippen molar-refractivity contribution in [3.63, 3.8) is 0 Å². The smallest absolute Gasteiger partial charge is 0.176 e. The van der Waals surface area contributed by atoms with Crippen LogP contribution in [-0.2, 0) is 9.47 Å². The quantitative estimate of drug-likeness (QED) is 0.307. The molecule has 0 atom stereocenters. The molecule has 0 aromatic heterocycles. The molecule has 1 rings (SSSR count). The number of aliphatic imine (C=N–C) groups is 2. The number of nitrogens with one attached hydrogen (secondary N) is 1. The maximum absolute atomic E-state index is 5.51. The minimum Gasteiger partial charge on any atom is -0.350 e. The standard InChI is InChI=1S/C10H20N4O2/c1-10(2)6-15-9(16-7-10)5-13-4-8(12-3)14-11/h4,9H,5-7,11H2,1-3H3,(H,12,14). The van der Waals surface area contributed by atoms with Crippen LogP contribution in [0.4, 0.5) is 0 Å². The first kappa shape index (κ1) is 13.1. The number of hydrogen-bond donors (Lipinski definition) is 2. The summed E-state index contributed by atoms with van der Waals surface area (Å²) in [4.78, 5) is 8.00. The molecule has 0 radical (unpaired) electrons. The van der Waals surface area contributed by atoms with Crippen LogP contribution in [0.3, 0.4) is 0 Å². The highest BCUT2D eigenvalue weighted by atomic mass is 16.7. The molecule has 1 heterocycles. The first-order valence-electron chi connectivity index (χ1n) is 5.24. The predicted octanol–water partition coefficient (Wildman–Crippen LogP) is -0.0521. The van der Waals surface area contributed by atoms with Crippen molar-refractivity contribution in [3.05, 3.63) is 0 Å². The zero-order valence-electron chi connectivity index (χ0n) is 10.1. The lowest BCUT2D eigenvalue weighted by molar-refractivity contribution is -0.215. The second kappa shape index (κ2) is 5.93. The van der Waals surface area contributed by atoms with Gasteiger partial charge in [-0.05, 0) is 0 Å². The fourth-order valence-corrected chi connectivity index (χ4v) is 1.22. The van der Waals surface area contributed by atoms with Gasteiger partial charge in [-0.2, -0.15) is 0 Å². The Morgan fingerprint density at radius 2 is 2.12 bits per heavy atom. The Labute approximate surface area is 95.9 Å². The molecular formula is C10H20N4O2. The van der Waals surface area contributed by atoms with E-state index in [9.17, 15) is 0 Å². The number of nitrogens with zero attached hydrogens (tertiary/aromatic N) is 2. The van der Waals surface area contributed by atoms with Gasteiger partial charge in [0.1, 0.15) is 0 Å². The molecule has 3 N–H and O–H groups in total. The first-order valence-corrected chi connectivity index (χ1v) is 5.24. The van der Waals surface area contributed by atoms with Gasteiger partial charge in [0.15, 0.2) is 12.1 Å². The second-order valence-electron chi connectivity index (χ2n) is 4.46. The molecule has 1 fully saturated rings. The Bertz CT molecular complexity index is 266. The molecular weight excluding hydrogens is 208 g/mol. The largest absolute Gasteiger partial charge is 0.350 e. The van der Waals surface area contributed by atoms with Crippen molar-refractivity contribution in [1.82, 2.24) is 5.43 Å². The van der Waals surface area contributed by atoms with Gasteiger partial charge in [0.25, 0.3) is 0 Å². The number of rotatable bonds is 3. The number of hydrazine groups is 1. The number of ether oxygens (including phenoxy) is 2. The van der Waals surface area contributed by atoms with Crippen LogP contribution >= 0.6 is 0 Å². The molecule has 1 aliphatic heterocycles. The molecule has 0 unspecified atom stereocenters. The van der Waals surface area contributed by atoms with Crippen molar-refractivity contribution in [1.29, 1.82) is 0 Å². The summed E-state index contributed by atoms with van der Waals surface area (Å²) in [5.41, 5.74) is 2.51. The van der Waals surface area contributed by atoms with Crippen LogP contribution in [0.25, 0.3) is 0 Å². The van der Waals surface area contributed by atoms with Crippen molar-refractivity contribution in [2.75, 3.05) is 26.8 Å². The minimum atomic E-state index is -0.264. The van der Waals surface area contributed by atoms with Gasteiger partial charge in [-0.3, -0.25) is 9.98 Å². The Hall–Kier alpha value is -0.980. The molecule has 0 saturated carbocycles. The van der Waals surface area contributed by atoms with Crippen LogP contribution < -0.4 is 11.3 Å². The highest BCUT2D eigenvalue weighted by molar-refractivity contribution is 6.29. The Kier molecular flexibility index (Phi) is 4.85. The van der Waals surface area contributed by atoms with Gasteiger partial charge in [0.2, 0.25) is 0 Å². The number of nitrogens with two attached hydrogens (primary N) is 1. The fourth-order valence-electron chi connectivity index (χ4n) is 1.22. The average Bonchev–Trinajstić information content (AvgIpc) is 2.26. The topological polar surface area (TPSA) is 81.2 Å². The summed E-state index contributed by atoms with van der Waals surface area (Å²) >= 11 is 0. The lowest BCUT2D eigenvalue weighted by Gasteiger charge is -2.33. The maximum Gasteiger partial charge on any atom is 0.176 e. The molecule has 0 amide bonds. The highest BCUT2D eigenvalue weighted by Crippen LogP contribution is 2.22. The van der Waals surface area contributed by atoms with Crippen molar-refractivity contribution in [3.8, 4) is 0 Å². The van der Waals surface area contributed by atoms with Gasteiger partial charge in [-0.15, -0.1) is 0 Å². The van der Waals surface area contributed by atoms with Crippen LogP contribution in [0.15, 0.2) is 9.98 Å². The SMILES string of the molecule is CN=C(C=NCC1OCC(C)(C)CO1)NN. The summed E-state index contributed by atoms with van der Waals surface area (Å²) in [6.45, 7) is 6.05. The van der Waals surface area contributed by atoms with Gasteiger partial charge >= 0.3 is 0 Å². The maximum atomic E-state index is 5.51. The Morgan fingerprint density at radius 3 is 2.62 bits per heavy atom. The van der Waals surface area contributed by atoms with E-state index in [1.807, 2.05) is 0 Å². The van der Waals surface area contributed by atoms with E-state index in [1.165, 1.54) is 0 Å². The molecule has 0 bridgehead atoms. The van der Waals surface area contributed by atoms with Gasteiger partial charge in [-0.1, -0.05) is 13.8 Å². The third-order valence-electron chi connectivity index (χ3n) is 2.18. The zero-order valence-corrected chi connectivity index (χ0v) is 10.1. The molecule has 0 aromatic rings. The number of amidine groups is 1. The van der Waals surface area contributed by atoms with E-state index >= 15 is 0 Å². The van der Waals surface area contributed by atoms with Crippen LogP contribution in [0.1, 0.15) is 13.8 Å². The molecule has 92 valence electrons. The third kappa shape index (κ3) is 4.26. The molecule has 1 aliphatic rings. The van der Waals surface area contributed by atoms with Crippen LogP contribution in [0.5, 0.6) is 0 Å². The summed E-state index contributed by atoms with van der Waals surface area (Å²) in [6.07, 6.45) is 1.30. The summed E-state index contributed by atoms with van der Waals surface area (Å²) in [5, 5.41) is 0. The molecule has 16 heavy (non-hydrogen) atoms.